The third kappa shape index (κ3) is 6.76. The molecule has 1 unspecified atom stereocenters. The minimum absolute atomic E-state index is 0.0174. The highest BCUT2D eigenvalue weighted by Crippen LogP contribution is 2.23. The van der Waals surface area contributed by atoms with E-state index < -0.39 is 12.8 Å². The van der Waals surface area contributed by atoms with Crippen molar-refractivity contribution in [2.45, 2.75) is 44.4 Å². The molecule has 3 aromatic rings. The zero-order valence-electron chi connectivity index (χ0n) is 20.9. The number of rotatable bonds is 7. The molecule has 5 heterocycles. The van der Waals surface area contributed by atoms with Gasteiger partial charge in [0.2, 0.25) is 5.88 Å². The van der Waals surface area contributed by atoms with Gasteiger partial charge in [-0.15, -0.1) is 0 Å². The number of amides is 1. The Morgan fingerprint density at radius 2 is 2.05 bits per heavy atom. The van der Waals surface area contributed by atoms with Gasteiger partial charge < -0.3 is 14.4 Å². The van der Waals surface area contributed by atoms with E-state index in [9.17, 15) is 18.0 Å². The predicted octanol–water partition coefficient (Wildman–Crippen LogP) is 4.17. The van der Waals surface area contributed by atoms with E-state index in [1.54, 1.807) is 41.3 Å². The molecule has 38 heavy (non-hydrogen) atoms. The highest BCUT2D eigenvalue weighted by molar-refractivity contribution is 6.04. The fourth-order valence-electron chi connectivity index (χ4n) is 4.94. The number of ether oxygens (including phenoxy) is 2. The molecule has 0 saturated carbocycles. The van der Waals surface area contributed by atoms with Gasteiger partial charge in [-0.25, -0.2) is 14.5 Å². The lowest BCUT2D eigenvalue weighted by molar-refractivity contribution is -0.154. The van der Waals surface area contributed by atoms with E-state index in [2.05, 4.69) is 20.0 Å². The Labute approximate surface area is 218 Å². The molecule has 8 nitrogen and oxygen atoms in total. The first-order valence-corrected chi connectivity index (χ1v) is 12.9. The minimum Gasteiger partial charge on any atom is -0.468 e. The van der Waals surface area contributed by atoms with Crippen molar-refractivity contribution in [1.82, 2.24) is 19.5 Å². The quantitative estimate of drug-likeness (QED) is 0.428. The van der Waals surface area contributed by atoms with Gasteiger partial charge in [0.1, 0.15) is 0 Å². The molecule has 0 aliphatic carbocycles. The van der Waals surface area contributed by atoms with E-state index in [1.165, 1.54) is 6.07 Å². The van der Waals surface area contributed by atoms with Crippen molar-refractivity contribution in [3.8, 4) is 5.88 Å². The lowest BCUT2D eigenvalue weighted by Gasteiger charge is -2.29. The van der Waals surface area contributed by atoms with Crippen LogP contribution in [-0.4, -0.2) is 76.7 Å². The molecule has 11 heteroatoms. The van der Waals surface area contributed by atoms with Crippen molar-refractivity contribution in [2.24, 2.45) is 10.9 Å². The van der Waals surface area contributed by atoms with Crippen molar-refractivity contribution in [2.75, 3.05) is 32.8 Å². The van der Waals surface area contributed by atoms with E-state index in [-0.39, 0.29) is 23.8 Å². The van der Waals surface area contributed by atoms with Crippen LogP contribution in [0.15, 0.2) is 47.7 Å². The number of nitrogens with zero attached hydrogens (tertiary/aromatic N) is 5. The molecule has 1 amide bonds. The average Bonchev–Trinajstić information content (AvgIpc) is 3.31. The van der Waals surface area contributed by atoms with Crippen molar-refractivity contribution in [1.29, 1.82) is 0 Å². The second-order valence-corrected chi connectivity index (χ2v) is 9.75. The monoisotopic (exact) mass is 529 g/mol. The van der Waals surface area contributed by atoms with E-state index >= 15 is 0 Å². The van der Waals surface area contributed by atoms with Gasteiger partial charge in [0.25, 0.3) is 5.91 Å². The summed E-state index contributed by atoms with van der Waals surface area (Å²) in [4.78, 5) is 23.5. The topological polar surface area (TPSA) is 81.3 Å². The summed E-state index contributed by atoms with van der Waals surface area (Å²) in [5, 5.41) is 4.15. The van der Waals surface area contributed by atoms with Gasteiger partial charge in [-0.2, -0.15) is 18.3 Å². The normalized spacial score (nSPS) is 20.9. The van der Waals surface area contributed by atoms with E-state index in [0.29, 0.717) is 18.6 Å². The molecule has 0 N–H and O–H groups in total. The third-order valence-electron chi connectivity index (χ3n) is 7.03. The van der Waals surface area contributed by atoms with Crippen LogP contribution in [0.5, 0.6) is 5.88 Å². The molecule has 3 aromatic heterocycles. The fourth-order valence-corrected chi connectivity index (χ4v) is 4.94. The molecule has 0 radical (unpaired) electrons. The number of carbonyl (C=O) groups excluding carboxylic acids is 1. The predicted molar refractivity (Wildman–Crippen MR) is 135 cm³/mol. The van der Waals surface area contributed by atoms with Crippen LogP contribution in [0.1, 0.15) is 40.9 Å². The molecule has 1 fully saturated rings. The van der Waals surface area contributed by atoms with Gasteiger partial charge in [-0.05, 0) is 49.4 Å². The second kappa shape index (κ2) is 11.6. The SMILES string of the molecule is O=C(N=CC1CC[C@H](CCN2CCc3ccc(OCC(F)(F)F)nc3CC2)OC1)c1cccn2nccc12. The van der Waals surface area contributed by atoms with Crippen LogP contribution in [0, 0.1) is 5.92 Å². The third-order valence-corrected chi connectivity index (χ3v) is 7.03. The van der Waals surface area contributed by atoms with Gasteiger partial charge in [0.05, 0.1) is 30.0 Å². The first kappa shape index (κ1) is 26.3. The second-order valence-electron chi connectivity index (χ2n) is 9.75. The van der Waals surface area contributed by atoms with Crippen LogP contribution in [0.4, 0.5) is 13.2 Å². The van der Waals surface area contributed by atoms with Gasteiger partial charge in [0.15, 0.2) is 6.61 Å². The molecule has 5 rings (SSSR count). The number of alkyl halides is 3. The number of carbonyl (C=O) groups is 1. The lowest BCUT2D eigenvalue weighted by Crippen LogP contribution is -2.33. The molecular weight excluding hydrogens is 499 g/mol. The van der Waals surface area contributed by atoms with Gasteiger partial charge in [-0.3, -0.25) is 4.79 Å². The average molecular weight is 530 g/mol. The standard InChI is InChI=1S/C27H30F3N5O3/c28-27(29,30)18-38-25-6-4-20-8-13-34(15-10-23(20)33-25)14-9-21-5-3-19(17-37-21)16-31-26(36)22-2-1-12-35-24(22)7-11-32-35/h1-2,4,6-7,11-12,16,19,21H,3,5,8-10,13-15,17-18H2/t19?,21-/m1/s1. The zero-order valence-corrected chi connectivity index (χ0v) is 20.9. The smallest absolute Gasteiger partial charge is 0.422 e. The molecule has 1 saturated heterocycles. The van der Waals surface area contributed by atoms with Gasteiger partial charge in [0, 0.05) is 56.1 Å². The van der Waals surface area contributed by atoms with Crippen LogP contribution >= 0.6 is 0 Å². The number of hydrogen-bond acceptors (Lipinski definition) is 6. The zero-order chi connectivity index (χ0) is 26.5. The van der Waals surface area contributed by atoms with Gasteiger partial charge in [-0.1, -0.05) is 6.07 Å². The molecule has 0 spiro atoms. The summed E-state index contributed by atoms with van der Waals surface area (Å²) in [6.45, 7) is 1.73. The summed E-state index contributed by atoms with van der Waals surface area (Å²) in [7, 11) is 0. The van der Waals surface area contributed by atoms with E-state index in [1.807, 2.05) is 6.07 Å². The van der Waals surface area contributed by atoms with E-state index in [4.69, 9.17) is 9.47 Å². The number of fused-ring (bicyclic) bond motifs is 2. The number of pyridine rings is 2. The Morgan fingerprint density at radius 3 is 2.87 bits per heavy atom. The summed E-state index contributed by atoms with van der Waals surface area (Å²) >= 11 is 0. The Balaban J connectivity index is 1.05. The van der Waals surface area contributed by atoms with Crippen molar-refractivity contribution in [3.63, 3.8) is 0 Å². The molecule has 2 aliphatic rings. The van der Waals surface area contributed by atoms with Crippen molar-refractivity contribution in [3.05, 3.63) is 59.5 Å². The van der Waals surface area contributed by atoms with Gasteiger partial charge >= 0.3 is 6.18 Å². The number of aromatic nitrogens is 3. The number of hydrogen-bond donors (Lipinski definition) is 0. The Bertz CT molecular complexity index is 1280. The summed E-state index contributed by atoms with van der Waals surface area (Å²) in [6.07, 6.45) is 5.11. The van der Waals surface area contributed by atoms with Crippen LogP contribution in [0.3, 0.4) is 0 Å². The van der Waals surface area contributed by atoms with Crippen molar-refractivity contribution >= 4 is 17.6 Å². The summed E-state index contributed by atoms with van der Waals surface area (Å²) in [5.41, 5.74) is 3.12. The lowest BCUT2D eigenvalue weighted by atomic mass is 9.98. The molecule has 0 aromatic carbocycles. The minimum atomic E-state index is -4.38. The Hall–Kier alpha value is -3.31. The fraction of sp³-hybridized carbons (Fsp3) is 0.481. The summed E-state index contributed by atoms with van der Waals surface area (Å²) in [5.74, 6) is -0.162. The first-order chi connectivity index (χ1) is 18.3. The first-order valence-electron chi connectivity index (χ1n) is 12.9. The highest BCUT2D eigenvalue weighted by atomic mass is 19.4. The van der Waals surface area contributed by atoms with Crippen molar-refractivity contribution < 1.29 is 27.4 Å². The van der Waals surface area contributed by atoms with Crippen LogP contribution in [0.2, 0.25) is 0 Å². The maximum absolute atomic E-state index is 12.6. The molecule has 2 aliphatic heterocycles. The van der Waals surface area contributed by atoms with Crippen LogP contribution in [0.25, 0.3) is 5.52 Å². The van der Waals surface area contributed by atoms with E-state index in [0.717, 1.165) is 62.1 Å². The number of halogens is 3. The molecule has 202 valence electrons. The van der Waals surface area contributed by atoms with Crippen LogP contribution < -0.4 is 4.74 Å². The van der Waals surface area contributed by atoms with Crippen LogP contribution in [-0.2, 0) is 17.6 Å². The largest absolute Gasteiger partial charge is 0.468 e. The summed E-state index contributed by atoms with van der Waals surface area (Å²) < 4.78 is 49.8. The Morgan fingerprint density at radius 1 is 1.18 bits per heavy atom. The summed E-state index contributed by atoms with van der Waals surface area (Å²) in [6, 6.07) is 8.66. The maximum Gasteiger partial charge on any atom is 0.422 e. The molecule has 2 atom stereocenters. The molecule has 0 bridgehead atoms. The Kier molecular flexibility index (Phi) is 8.04. The highest BCUT2D eigenvalue weighted by Gasteiger charge is 2.29. The number of aliphatic imine (C=N–C) groups is 1. The maximum atomic E-state index is 12.6. The molecular formula is C27H30F3N5O3.